The van der Waals surface area contributed by atoms with Crippen molar-refractivity contribution in [3.63, 3.8) is 0 Å². The van der Waals surface area contributed by atoms with Gasteiger partial charge in [0.15, 0.2) is 0 Å². The second-order valence-electron chi connectivity index (χ2n) is 5.33. The molecule has 0 bridgehead atoms. The molecule has 2 aromatic carbocycles. The van der Waals surface area contributed by atoms with E-state index in [1.807, 2.05) is 24.3 Å². The first kappa shape index (κ1) is 17.9. The molecule has 0 spiro atoms. The summed E-state index contributed by atoms with van der Waals surface area (Å²) in [5, 5.41) is 15.3. The third-order valence-electron chi connectivity index (χ3n) is 3.57. The first-order valence-electron chi connectivity index (χ1n) is 7.61. The zero-order chi connectivity index (χ0) is 17.4. The number of nitrogens with one attached hydrogen (secondary N) is 2. The zero-order valence-electron chi connectivity index (χ0n) is 13.5. The Labute approximate surface area is 140 Å². The molecule has 3 N–H and O–H groups in total. The number of methoxy groups -OCH3 is 1. The lowest BCUT2D eigenvalue weighted by molar-refractivity contribution is 0.173. The van der Waals surface area contributed by atoms with Gasteiger partial charge in [-0.3, -0.25) is 0 Å². The van der Waals surface area contributed by atoms with Crippen LogP contribution in [0.25, 0.3) is 0 Å². The third-order valence-corrected chi connectivity index (χ3v) is 3.57. The first-order valence-corrected chi connectivity index (χ1v) is 7.61. The van der Waals surface area contributed by atoms with Crippen molar-refractivity contribution in [2.45, 2.75) is 19.3 Å². The maximum absolute atomic E-state index is 12.8. The van der Waals surface area contributed by atoms with Gasteiger partial charge in [-0.1, -0.05) is 36.4 Å². The van der Waals surface area contributed by atoms with E-state index in [1.54, 1.807) is 7.11 Å². The predicted molar refractivity (Wildman–Crippen MR) is 88.8 cm³/mol. The molecule has 0 aromatic heterocycles. The van der Waals surface area contributed by atoms with Gasteiger partial charge in [-0.15, -0.1) is 0 Å². The van der Waals surface area contributed by atoms with Crippen LogP contribution < -0.4 is 10.6 Å². The number of amides is 2. The van der Waals surface area contributed by atoms with Gasteiger partial charge in [0.2, 0.25) is 0 Å². The van der Waals surface area contributed by atoms with E-state index < -0.39 is 6.10 Å². The number of aliphatic hydroxyl groups is 1. The van der Waals surface area contributed by atoms with Gasteiger partial charge in [-0.05, 0) is 28.8 Å². The Morgan fingerprint density at radius 2 is 1.79 bits per heavy atom. The smallest absolute Gasteiger partial charge is 0.315 e. The molecule has 0 heterocycles. The van der Waals surface area contributed by atoms with Crippen molar-refractivity contribution in [1.82, 2.24) is 10.6 Å². The van der Waals surface area contributed by atoms with Crippen molar-refractivity contribution >= 4 is 6.03 Å². The normalized spacial score (nSPS) is 11.8. The van der Waals surface area contributed by atoms with Gasteiger partial charge in [0.25, 0.3) is 0 Å². The summed E-state index contributed by atoms with van der Waals surface area (Å²) in [7, 11) is 1.62. The van der Waals surface area contributed by atoms with Gasteiger partial charge in [0.1, 0.15) is 5.82 Å². The molecule has 1 unspecified atom stereocenters. The van der Waals surface area contributed by atoms with Crippen LogP contribution in [0.4, 0.5) is 9.18 Å². The van der Waals surface area contributed by atoms with Crippen molar-refractivity contribution in [3.8, 4) is 0 Å². The molecule has 5 nitrogen and oxygen atoms in total. The number of rotatable bonds is 7. The van der Waals surface area contributed by atoms with Crippen molar-refractivity contribution < 1.29 is 19.0 Å². The van der Waals surface area contributed by atoms with Crippen molar-refractivity contribution in [2.24, 2.45) is 0 Å². The van der Waals surface area contributed by atoms with E-state index in [9.17, 15) is 14.3 Å². The van der Waals surface area contributed by atoms with Gasteiger partial charge in [-0.25, -0.2) is 9.18 Å². The highest BCUT2D eigenvalue weighted by atomic mass is 19.1. The Balaban J connectivity index is 1.80. The Kier molecular flexibility index (Phi) is 6.72. The molecule has 0 saturated carbocycles. The fourth-order valence-electron chi connectivity index (χ4n) is 2.26. The fraction of sp³-hybridized carbons (Fsp3) is 0.278. The number of hydrogen-bond acceptors (Lipinski definition) is 3. The Morgan fingerprint density at radius 3 is 2.46 bits per heavy atom. The number of ether oxygens (including phenoxy) is 1. The molecule has 0 saturated heterocycles. The molecular formula is C18H21FN2O3. The van der Waals surface area contributed by atoms with E-state index in [2.05, 4.69) is 10.6 Å². The quantitative estimate of drug-likeness (QED) is 0.729. The van der Waals surface area contributed by atoms with Crippen LogP contribution in [0.15, 0.2) is 48.5 Å². The van der Waals surface area contributed by atoms with E-state index in [0.717, 1.165) is 11.1 Å². The summed E-state index contributed by atoms with van der Waals surface area (Å²) >= 11 is 0. The van der Waals surface area contributed by atoms with E-state index in [4.69, 9.17) is 4.74 Å². The first-order chi connectivity index (χ1) is 11.6. The Morgan fingerprint density at radius 1 is 1.12 bits per heavy atom. The molecule has 0 aliphatic carbocycles. The van der Waals surface area contributed by atoms with Crippen LogP contribution >= 0.6 is 0 Å². The maximum atomic E-state index is 12.8. The van der Waals surface area contributed by atoms with Crippen molar-refractivity contribution in [3.05, 3.63) is 71.0 Å². The van der Waals surface area contributed by atoms with Gasteiger partial charge in [-0.2, -0.15) is 0 Å². The van der Waals surface area contributed by atoms with Crippen LogP contribution in [0.2, 0.25) is 0 Å². The van der Waals surface area contributed by atoms with Crippen molar-refractivity contribution in [2.75, 3.05) is 13.7 Å². The molecule has 0 fully saturated rings. The predicted octanol–water partition coefficient (Wildman–Crippen LogP) is 2.50. The minimum Gasteiger partial charge on any atom is -0.387 e. The van der Waals surface area contributed by atoms with Gasteiger partial charge < -0.3 is 20.5 Å². The lowest BCUT2D eigenvalue weighted by Gasteiger charge is -2.14. The van der Waals surface area contributed by atoms with Crippen molar-refractivity contribution in [1.29, 1.82) is 0 Å². The summed E-state index contributed by atoms with van der Waals surface area (Å²) in [6.07, 6.45) is -0.892. The summed E-state index contributed by atoms with van der Waals surface area (Å²) in [4.78, 5) is 11.9. The SMILES string of the molecule is COCc1ccccc1CNC(=O)NCC(O)c1ccc(F)cc1. The topological polar surface area (TPSA) is 70.6 Å². The van der Waals surface area contributed by atoms with Crippen LogP contribution in [0.3, 0.4) is 0 Å². The standard InChI is InChI=1S/C18H21FN2O3/c1-24-12-15-5-3-2-4-14(15)10-20-18(23)21-11-17(22)13-6-8-16(19)9-7-13/h2-9,17,22H,10-12H2,1H3,(H2,20,21,23). The summed E-state index contributed by atoms with van der Waals surface area (Å²) in [6.45, 7) is 0.873. The Hall–Kier alpha value is -2.44. The van der Waals surface area contributed by atoms with Crippen LogP contribution in [-0.4, -0.2) is 24.8 Å². The van der Waals surface area contributed by atoms with Crippen LogP contribution in [-0.2, 0) is 17.9 Å². The van der Waals surface area contributed by atoms with E-state index in [0.29, 0.717) is 18.7 Å². The monoisotopic (exact) mass is 332 g/mol. The highest BCUT2D eigenvalue weighted by Crippen LogP contribution is 2.12. The number of halogens is 1. The van der Waals surface area contributed by atoms with E-state index in [-0.39, 0.29) is 18.4 Å². The number of carbonyl (C=O) groups is 1. The molecule has 2 aromatic rings. The molecule has 6 heteroatoms. The summed E-state index contributed by atoms with van der Waals surface area (Å²) in [6, 6.07) is 12.8. The fourth-order valence-corrected chi connectivity index (χ4v) is 2.26. The second-order valence-corrected chi connectivity index (χ2v) is 5.33. The molecule has 2 rings (SSSR count). The largest absolute Gasteiger partial charge is 0.387 e. The summed E-state index contributed by atoms with van der Waals surface area (Å²) in [5.41, 5.74) is 2.52. The van der Waals surface area contributed by atoms with E-state index >= 15 is 0 Å². The number of hydrogen-bond donors (Lipinski definition) is 3. The minimum absolute atomic E-state index is 0.0389. The molecule has 128 valence electrons. The molecule has 0 radical (unpaired) electrons. The molecule has 2 amide bonds. The minimum atomic E-state index is -0.892. The molecule has 24 heavy (non-hydrogen) atoms. The van der Waals surface area contributed by atoms with Gasteiger partial charge >= 0.3 is 6.03 Å². The Bertz CT molecular complexity index is 662. The molecule has 1 atom stereocenters. The second kappa shape index (κ2) is 9.00. The average molecular weight is 332 g/mol. The summed E-state index contributed by atoms with van der Waals surface area (Å²) < 4.78 is 18.0. The molecule has 0 aliphatic rings. The highest BCUT2D eigenvalue weighted by Gasteiger charge is 2.10. The van der Waals surface area contributed by atoms with Crippen LogP contribution in [0.5, 0.6) is 0 Å². The number of carbonyl (C=O) groups excluding carboxylic acids is 1. The molecule has 0 aliphatic heterocycles. The number of urea groups is 1. The number of aliphatic hydroxyl groups excluding tert-OH is 1. The zero-order valence-corrected chi connectivity index (χ0v) is 13.5. The van der Waals surface area contributed by atoms with Crippen LogP contribution in [0.1, 0.15) is 22.8 Å². The average Bonchev–Trinajstić information content (AvgIpc) is 2.60. The lowest BCUT2D eigenvalue weighted by atomic mass is 10.1. The molecular weight excluding hydrogens is 311 g/mol. The maximum Gasteiger partial charge on any atom is 0.315 e. The summed E-state index contributed by atoms with van der Waals surface area (Å²) in [5.74, 6) is -0.369. The van der Waals surface area contributed by atoms with Gasteiger partial charge in [0, 0.05) is 20.2 Å². The van der Waals surface area contributed by atoms with Crippen LogP contribution in [0, 0.1) is 5.82 Å². The van der Waals surface area contributed by atoms with Gasteiger partial charge in [0.05, 0.1) is 12.7 Å². The van der Waals surface area contributed by atoms with E-state index in [1.165, 1.54) is 24.3 Å². The lowest BCUT2D eigenvalue weighted by Crippen LogP contribution is -2.37. The highest BCUT2D eigenvalue weighted by molar-refractivity contribution is 5.73. The number of benzene rings is 2. The third kappa shape index (κ3) is 5.33.